The second-order valence-electron chi connectivity index (χ2n) is 7.88. The van der Waals surface area contributed by atoms with Crippen molar-refractivity contribution >= 4 is 32.7 Å². The highest BCUT2D eigenvalue weighted by atomic mass is 32.2. The molecule has 2 aromatic carbocycles. The first-order valence-electron chi connectivity index (χ1n) is 10.4. The molecule has 0 aliphatic carbocycles. The molecule has 0 saturated heterocycles. The molecular weight excluding hydrogens is 444 g/mol. The number of rotatable bonds is 9. The van der Waals surface area contributed by atoms with Gasteiger partial charge in [0.15, 0.2) is 0 Å². The van der Waals surface area contributed by atoms with E-state index in [0.717, 1.165) is 5.56 Å². The fourth-order valence-electron chi connectivity index (χ4n) is 3.23. The van der Waals surface area contributed by atoms with Crippen LogP contribution in [0.3, 0.4) is 0 Å². The Morgan fingerprint density at radius 2 is 1.64 bits per heavy atom. The minimum atomic E-state index is -3.41. The lowest BCUT2D eigenvalue weighted by Crippen LogP contribution is -2.38. The van der Waals surface area contributed by atoms with E-state index >= 15 is 0 Å². The SMILES string of the molecule is CC(C)NS(=O)(=O)Cc1ccc(CNC(=O)CNC(=O)c2c[nH]c3ccccc3c2=O)cc1. The van der Waals surface area contributed by atoms with Crippen LogP contribution in [0.2, 0.25) is 0 Å². The minimum absolute atomic E-state index is 0.0704. The molecule has 0 bridgehead atoms. The fraction of sp³-hybridized carbons (Fsp3) is 0.261. The van der Waals surface area contributed by atoms with E-state index in [1.807, 2.05) is 0 Å². The Morgan fingerprint density at radius 1 is 0.970 bits per heavy atom. The predicted molar refractivity (Wildman–Crippen MR) is 126 cm³/mol. The Balaban J connectivity index is 1.50. The molecule has 3 aromatic rings. The summed E-state index contributed by atoms with van der Waals surface area (Å²) >= 11 is 0. The van der Waals surface area contributed by atoms with Crippen LogP contribution in [0.5, 0.6) is 0 Å². The number of pyridine rings is 1. The average Bonchev–Trinajstić information content (AvgIpc) is 2.76. The third-order valence-electron chi connectivity index (χ3n) is 4.73. The van der Waals surface area contributed by atoms with E-state index in [-0.39, 0.29) is 30.4 Å². The van der Waals surface area contributed by atoms with E-state index in [4.69, 9.17) is 0 Å². The Kier molecular flexibility index (Phi) is 7.62. The van der Waals surface area contributed by atoms with Crippen LogP contribution < -0.4 is 20.8 Å². The highest BCUT2D eigenvalue weighted by Crippen LogP contribution is 2.09. The lowest BCUT2D eigenvalue weighted by Gasteiger charge is -2.10. The lowest BCUT2D eigenvalue weighted by molar-refractivity contribution is -0.120. The van der Waals surface area contributed by atoms with Crippen molar-refractivity contribution in [2.24, 2.45) is 0 Å². The molecule has 3 rings (SSSR count). The molecule has 10 heteroatoms. The summed E-state index contributed by atoms with van der Waals surface area (Å²) in [6, 6.07) is 13.5. The average molecular weight is 471 g/mol. The molecule has 0 fully saturated rings. The van der Waals surface area contributed by atoms with Gasteiger partial charge in [0, 0.05) is 29.7 Å². The first-order valence-corrected chi connectivity index (χ1v) is 12.0. The number of carbonyl (C=O) groups is 2. The summed E-state index contributed by atoms with van der Waals surface area (Å²) < 4.78 is 26.5. The van der Waals surface area contributed by atoms with Gasteiger partial charge < -0.3 is 15.6 Å². The summed E-state index contributed by atoms with van der Waals surface area (Å²) in [7, 11) is -3.41. The van der Waals surface area contributed by atoms with Gasteiger partial charge in [0.2, 0.25) is 21.4 Å². The molecule has 4 N–H and O–H groups in total. The zero-order chi connectivity index (χ0) is 24.0. The fourth-order valence-corrected chi connectivity index (χ4v) is 4.66. The minimum Gasteiger partial charge on any atom is -0.360 e. The molecular formula is C23H26N4O5S. The zero-order valence-corrected chi connectivity index (χ0v) is 19.2. The monoisotopic (exact) mass is 470 g/mol. The van der Waals surface area contributed by atoms with Crippen LogP contribution >= 0.6 is 0 Å². The van der Waals surface area contributed by atoms with E-state index in [2.05, 4.69) is 20.3 Å². The van der Waals surface area contributed by atoms with Gasteiger partial charge in [-0.05, 0) is 37.1 Å². The molecule has 33 heavy (non-hydrogen) atoms. The van der Waals surface area contributed by atoms with Crippen molar-refractivity contribution in [3.05, 3.63) is 81.6 Å². The molecule has 9 nitrogen and oxygen atoms in total. The molecule has 1 aromatic heterocycles. The molecule has 0 aliphatic heterocycles. The number of nitrogens with one attached hydrogen (secondary N) is 4. The van der Waals surface area contributed by atoms with E-state index in [0.29, 0.717) is 16.5 Å². The number of H-pyrrole nitrogens is 1. The number of fused-ring (bicyclic) bond motifs is 1. The van der Waals surface area contributed by atoms with Gasteiger partial charge in [0.1, 0.15) is 5.56 Å². The maximum absolute atomic E-state index is 12.5. The molecule has 1 heterocycles. The quantitative estimate of drug-likeness (QED) is 0.375. The van der Waals surface area contributed by atoms with E-state index in [9.17, 15) is 22.8 Å². The van der Waals surface area contributed by atoms with Crippen molar-refractivity contribution < 1.29 is 18.0 Å². The van der Waals surface area contributed by atoms with Crippen molar-refractivity contribution in [3.63, 3.8) is 0 Å². The van der Waals surface area contributed by atoms with Gasteiger partial charge in [-0.2, -0.15) is 0 Å². The van der Waals surface area contributed by atoms with Crippen molar-refractivity contribution in [2.45, 2.75) is 32.2 Å². The van der Waals surface area contributed by atoms with Crippen molar-refractivity contribution in [1.82, 2.24) is 20.3 Å². The van der Waals surface area contributed by atoms with E-state index in [1.54, 1.807) is 62.4 Å². The topological polar surface area (TPSA) is 137 Å². The smallest absolute Gasteiger partial charge is 0.257 e. The Bertz CT molecular complexity index is 1310. The van der Waals surface area contributed by atoms with Crippen LogP contribution in [0.25, 0.3) is 10.9 Å². The van der Waals surface area contributed by atoms with Gasteiger partial charge in [-0.1, -0.05) is 36.4 Å². The summed E-state index contributed by atoms with van der Waals surface area (Å²) in [6.07, 6.45) is 1.33. The second kappa shape index (κ2) is 10.4. The number of hydrogen-bond acceptors (Lipinski definition) is 5. The molecule has 2 amide bonds. The van der Waals surface area contributed by atoms with Crippen LogP contribution in [-0.2, 0) is 27.1 Å². The molecule has 174 valence electrons. The molecule has 0 spiro atoms. The van der Waals surface area contributed by atoms with Gasteiger partial charge in [-0.15, -0.1) is 0 Å². The van der Waals surface area contributed by atoms with Gasteiger partial charge in [0.05, 0.1) is 12.3 Å². The summed E-state index contributed by atoms with van der Waals surface area (Å²) in [5.74, 6) is -1.19. The maximum atomic E-state index is 12.5. The van der Waals surface area contributed by atoms with Crippen molar-refractivity contribution in [2.75, 3.05) is 6.54 Å². The van der Waals surface area contributed by atoms with Gasteiger partial charge in [-0.3, -0.25) is 14.4 Å². The summed E-state index contributed by atoms with van der Waals surface area (Å²) in [5.41, 5.74) is 1.55. The molecule has 0 aliphatic rings. The standard InChI is InChI=1S/C23H26N4O5S/c1-15(2)27-33(31,32)14-17-9-7-16(8-10-17)11-25-21(28)13-26-23(30)19-12-24-20-6-4-3-5-18(20)22(19)29/h3-10,12,15,27H,11,13-14H2,1-2H3,(H,24,29)(H,25,28)(H,26,30). The normalized spacial score (nSPS) is 11.5. The third-order valence-corrected chi connectivity index (χ3v) is 6.27. The summed E-state index contributed by atoms with van der Waals surface area (Å²) in [6.45, 7) is 3.43. The summed E-state index contributed by atoms with van der Waals surface area (Å²) in [5, 5.41) is 5.51. The Hall–Kier alpha value is -3.50. The van der Waals surface area contributed by atoms with Crippen LogP contribution in [-0.4, -0.2) is 37.8 Å². The number of hydrogen-bond donors (Lipinski definition) is 4. The van der Waals surface area contributed by atoms with Crippen LogP contribution in [0.15, 0.2) is 59.5 Å². The van der Waals surface area contributed by atoms with Gasteiger partial charge in [0.25, 0.3) is 5.91 Å². The number of carbonyl (C=O) groups excluding carboxylic acids is 2. The van der Waals surface area contributed by atoms with Crippen LogP contribution in [0.1, 0.15) is 35.3 Å². The van der Waals surface area contributed by atoms with Crippen molar-refractivity contribution in [3.8, 4) is 0 Å². The molecule has 0 radical (unpaired) electrons. The third kappa shape index (κ3) is 6.74. The number of para-hydroxylation sites is 1. The van der Waals surface area contributed by atoms with Crippen LogP contribution in [0, 0.1) is 0 Å². The molecule has 0 atom stereocenters. The van der Waals surface area contributed by atoms with Crippen molar-refractivity contribution in [1.29, 1.82) is 0 Å². The maximum Gasteiger partial charge on any atom is 0.257 e. The number of sulfonamides is 1. The highest BCUT2D eigenvalue weighted by molar-refractivity contribution is 7.88. The number of aromatic nitrogens is 1. The zero-order valence-electron chi connectivity index (χ0n) is 18.3. The molecule has 0 saturated carbocycles. The predicted octanol–water partition coefficient (Wildman–Crippen LogP) is 1.40. The largest absolute Gasteiger partial charge is 0.360 e. The number of aromatic amines is 1. The second-order valence-corrected chi connectivity index (χ2v) is 9.64. The van der Waals surface area contributed by atoms with E-state index < -0.39 is 27.3 Å². The van der Waals surface area contributed by atoms with E-state index in [1.165, 1.54) is 6.20 Å². The Morgan fingerprint density at radius 3 is 2.33 bits per heavy atom. The van der Waals surface area contributed by atoms with Crippen LogP contribution in [0.4, 0.5) is 0 Å². The number of benzene rings is 2. The lowest BCUT2D eigenvalue weighted by atomic mass is 10.1. The number of amides is 2. The highest BCUT2D eigenvalue weighted by Gasteiger charge is 2.15. The van der Waals surface area contributed by atoms with Gasteiger partial charge in [-0.25, -0.2) is 13.1 Å². The summed E-state index contributed by atoms with van der Waals surface area (Å²) in [4.78, 5) is 39.8. The first-order chi connectivity index (χ1) is 15.6. The first kappa shape index (κ1) is 24.1. The molecule has 0 unspecified atom stereocenters. The van der Waals surface area contributed by atoms with Gasteiger partial charge >= 0.3 is 0 Å². The Labute approximate surface area is 191 Å².